The molecule has 0 spiro atoms. The number of carboxylic acids is 1. The van der Waals surface area contributed by atoms with E-state index in [0.29, 0.717) is 5.92 Å². The number of aryl methyl sites for hydroxylation is 1. The van der Waals surface area contributed by atoms with Crippen LogP contribution >= 0.6 is 11.3 Å². The van der Waals surface area contributed by atoms with Crippen molar-refractivity contribution in [1.82, 2.24) is 5.32 Å². The van der Waals surface area contributed by atoms with Gasteiger partial charge < -0.3 is 10.4 Å². The highest BCUT2D eigenvalue weighted by Gasteiger charge is 2.51. The monoisotopic (exact) mass is 305 g/mol. The Labute approximate surface area is 127 Å². The number of nitrogens with one attached hydrogen (secondary N) is 1. The van der Waals surface area contributed by atoms with Gasteiger partial charge in [0.2, 0.25) is 5.91 Å². The van der Waals surface area contributed by atoms with Crippen molar-refractivity contribution < 1.29 is 14.7 Å². The van der Waals surface area contributed by atoms with Crippen LogP contribution in [0.5, 0.6) is 0 Å². The average Bonchev–Trinajstić information content (AvgIpc) is 3.12. The Morgan fingerprint density at radius 2 is 2.14 bits per heavy atom. The van der Waals surface area contributed by atoms with Crippen LogP contribution in [0.15, 0.2) is 17.5 Å². The first-order chi connectivity index (χ1) is 10.1. The second-order valence-corrected chi connectivity index (χ2v) is 6.98. The Morgan fingerprint density at radius 3 is 2.81 bits per heavy atom. The largest absolute Gasteiger partial charge is 0.481 e. The predicted octanol–water partition coefficient (Wildman–Crippen LogP) is 2.69. The fourth-order valence-electron chi connectivity index (χ4n) is 3.77. The van der Waals surface area contributed by atoms with Crippen LogP contribution in [0.3, 0.4) is 0 Å². The zero-order valence-electron chi connectivity index (χ0n) is 11.9. The van der Waals surface area contributed by atoms with E-state index >= 15 is 0 Å². The van der Waals surface area contributed by atoms with Crippen LogP contribution in [0.1, 0.15) is 29.7 Å². The van der Waals surface area contributed by atoms with Gasteiger partial charge in [0.1, 0.15) is 0 Å². The Morgan fingerprint density at radius 1 is 1.38 bits per heavy atom. The summed E-state index contributed by atoms with van der Waals surface area (Å²) in [6.45, 7) is 2.00. The lowest BCUT2D eigenvalue weighted by Crippen LogP contribution is -2.46. The fraction of sp³-hybridized carbons (Fsp3) is 0.500. The van der Waals surface area contributed by atoms with Crippen molar-refractivity contribution in [2.45, 2.75) is 32.2 Å². The molecule has 0 saturated heterocycles. The summed E-state index contributed by atoms with van der Waals surface area (Å²) in [5.74, 6) is -0.806. The van der Waals surface area contributed by atoms with Crippen molar-refractivity contribution >= 4 is 29.3 Å². The fourth-order valence-corrected chi connectivity index (χ4v) is 4.59. The first-order valence-corrected chi connectivity index (χ1v) is 8.19. The molecular formula is C16H19NO3S. The molecule has 1 heterocycles. The first kappa shape index (κ1) is 14.3. The average molecular weight is 305 g/mol. The lowest BCUT2D eigenvalue weighted by atomic mass is 9.84. The van der Waals surface area contributed by atoms with Gasteiger partial charge in [-0.25, -0.2) is 0 Å². The van der Waals surface area contributed by atoms with Gasteiger partial charge in [-0.05, 0) is 61.1 Å². The molecular weight excluding hydrogens is 286 g/mol. The standard InChI is InChI=1S/C16H19NO3S/c1-9-6-7-21-12(9)4-5-13(18)17-15-11-3-2-10(8-11)14(15)16(19)20/h4-7,10-11,14-15H,2-3,8H2,1H3,(H,17,18)(H,19,20). The van der Waals surface area contributed by atoms with Crippen LogP contribution in [0.4, 0.5) is 0 Å². The first-order valence-electron chi connectivity index (χ1n) is 7.31. The van der Waals surface area contributed by atoms with Gasteiger partial charge in [0, 0.05) is 17.0 Å². The maximum Gasteiger partial charge on any atom is 0.308 e. The van der Waals surface area contributed by atoms with Gasteiger partial charge in [-0.1, -0.05) is 0 Å². The highest BCUT2D eigenvalue weighted by molar-refractivity contribution is 7.11. The molecule has 0 radical (unpaired) electrons. The number of hydrogen-bond acceptors (Lipinski definition) is 3. The highest BCUT2D eigenvalue weighted by atomic mass is 32.1. The number of carbonyl (C=O) groups is 2. The summed E-state index contributed by atoms with van der Waals surface area (Å²) in [4.78, 5) is 24.5. The third-order valence-corrected chi connectivity index (χ3v) is 5.78. The smallest absolute Gasteiger partial charge is 0.308 e. The van der Waals surface area contributed by atoms with Gasteiger partial charge in [-0.3, -0.25) is 9.59 Å². The molecule has 2 aliphatic rings. The molecule has 112 valence electrons. The number of fused-ring (bicyclic) bond motifs is 2. The Balaban J connectivity index is 1.66. The van der Waals surface area contributed by atoms with E-state index in [-0.39, 0.29) is 17.9 Å². The summed E-state index contributed by atoms with van der Waals surface area (Å²) in [6, 6.07) is 1.81. The topological polar surface area (TPSA) is 66.4 Å². The van der Waals surface area contributed by atoms with Crippen molar-refractivity contribution in [3.63, 3.8) is 0 Å². The molecule has 2 bridgehead atoms. The number of hydrogen-bond donors (Lipinski definition) is 2. The molecule has 3 rings (SSSR count). The summed E-state index contributed by atoms with van der Waals surface area (Å²) >= 11 is 1.59. The molecule has 2 aliphatic carbocycles. The van der Waals surface area contributed by atoms with Gasteiger partial charge in [0.25, 0.3) is 0 Å². The summed E-state index contributed by atoms with van der Waals surface area (Å²) in [7, 11) is 0. The molecule has 1 amide bonds. The van der Waals surface area contributed by atoms with Crippen LogP contribution < -0.4 is 5.32 Å². The van der Waals surface area contributed by atoms with Crippen molar-refractivity contribution in [3.8, 4) is 0 Å². The highest BCUT2D eigenvalue weighted by Crippen LogP contribution is 2.48. The molecule has 2 saturated carbocycles. The van der Waals surface area contributed by atoms with E-state index in [0.717, 1.165) is 29.7 Å². The lowest BCUT2D eigenvalue weighted by molar-refractivity contribution is -0.144. The Bertz CT molecular complexity index is 592. The molecule has 4 unspecified atom stereocenters. The van der Waals surface area contributed by atoms with Gasteiger partial charge in [0.05, 0.1) is 5.92 Å². The molecule has 0 aromatic carbocycles. The van der Waals surface area contributed by atoms with E-state index in [2.05, 4.69) is 5.32 Å². The van der Waals surface area contributed by atoms with E-state index < -0.39 is 11.9 Å². The lowest BCUT2D eigenvalue weighted by Gasteiger charge is -2.28. The number of rotatable bonds is 4. The maximum atomic E-state index is 12.1. The predicted molar refractivity (Wildman–Crippen MR) is 82.0 cm³/mol. The van der Waals surface area contributed by atoms with E-state index in [1.807, 2.05) is 18.4 Å². The Hall–Kier alpha value is -1.62. The summed E-state index contributed by atoms with van der Waals surface area (Å²) in [6.07, 6.45) is 6.28. The zero-order chi connectivity index (χ0) is 15.0. The van der Waals surface area contributed by atoms with Crippen LogP contribution in [0, 0.1) is 24.7 Å². The molecule has 1 aromatic rings. The van der Waals surface area contributed by atoms with Crippen molar-refractivity contribution in [2.24, 2.45) is 17.8 Å². The number of carbonyl (C=O) groups excluding carboxylic acids is 1. The second-order valence-electron chi connectivity index (χ2n) is 6.03. The third-order valence-electron chi connectivity index (χ3n) is 4.80. The van der Waals surface area contributed by atoms with E-state index in [1.54, 1.807) is 17.4 Å². The van der Waals surface area contributed by atoms with Crippen LogP contribution in [0.2, 0.25) is 0 Å². The minimum Gasteiger partial charge on any atom is -0.481 e. The second kappa shape index (κ2) is 5.64. The van der Waals surface area contributed by atoms with Gasteiger partial charge in [0.15, 0.2) is 0 Å². The van der Waals surface area contributed by atoms with Gasteiger partial charge in [-0.2, -0.15) is 0 Å². The Kier molecular flexibility index (Phi) is 3.85. The van der Waals surface area contributed by atoms with Crippen LogP contribution in [0.25, 0.3) is 6.08 Å². The van der Waals surface area contributed by atoms with E-state index in [4.69, 9.17) is 0 Å². The minimum atomic E-state index is -0.773. The normalized spacial score (nSPS) is 30.9. The molecule has 5 heteroatoms. The summed E-state index contributed by atoms with van der Waals surface area (Å²) in [5.41, 5.74) is 1.15. The van der Waals surface area contributed by atoms with Crippen molar-refractivity contribution in [1.29, 1.82) is 0 Å². The van der Waals surface area contributed by atoms with Crippen molar-refractivity contribution in [2.75, 3.05) is 0 Å². The maximum absolute atomic E-state index is 12.1. The molecule has 1 aromatic heterocycles. The van der Waals surface area contributed by atoms with E-state index in [1.165, 1.54) is 6.08 Å². The number of aliphatic carboxylic acids is 1. The van der Waals surface area contributed by atoms with Crippen LogP contribution in [-0.2, 0) is 9.59 Å². The number of thiophene rings is 1. The number of amides is 1. The molecule has 2 fully saturated rings. The number of carboxylic acid groups (broad SMARTS) is 1. The zero-order valence-corrected chi connectivity index (χ0v) is 12.7. The SMILES string of the molecule is Cc1ccsc1C=CC(=O)NC1C2CCC(C2)C1C(=O)O. The molecule has 4 atom stereocenters. The third kappa shape index (κ3) is 2.75. The van der Waals surface area contributed by atoms with Crippen LogP contribution in [-0.4, -0.2) is 23.0 Å². The van der Waals surface area contributed by atoms with Crippen molar-refractivity contribution in [3.05, 3.63) is 28.0 Å². The summed E-state index contributed by atoms with van der Waals surface area (Å²) < 4.78 is 0. The quantitative estimate of drug-likeness (QED) is 0.841. The minimum absolute atomic E-state index is 0.188. The van der Waals surface area contributed by atoms with Gasteiger partial charge in [-0.15, -0.1) is 11.3 Å². The van der Waals surface area contributed by atoms with E-state index in [9.17, 15) is 14.7 Å². The van der Waals surface area contributed by atoms with Gasteiger partial charge >= 0.3 is 5.97 Å². The molecule has 0 aliphatic heterocycles. The molecule has 4 nitrogen and oxygen atoms in total. The summed E-state index contributed by atoms with van der Waals surface area (Å²) in [5, 5.41) is 14.3. The molecule has 2 N–H and O–H groups in total. The molecule has 21 heavy (non-hydrogen) atoms.